The number of epoxide rings is 4. The number of ether oxygens (including phenoxy) is 8. The van der Waals surface area contributed by atoms with Gasteiger partial charge in [0.05, 0.1) is 26.4 Å². The first-order valence-corrected chi connectivity index (χ1v) is 16.4. The molecule has 5 aromatic rings. The van der Waals surface area contributed by atoms with E-state index in [4.69, 9.17) is 37.9 Å². The molecule has 0 amide bonds. The van der Waals surface area contributed by atoms with Crippen LogP contribution >= 0.6 is 0 Å². The monoisotopic (exact) mass is 632 g/mol. The van der Waals surface area contributed by atoms with Gasteiger partial charge in [-0.1, -0.05) is 54.6 Å². The highest BCUT2D eigenvalue weighted by molar-refractivity contribution is 5.94. The van der Waals surface area contributed by atoms with Crippen LogP contribution in [-0.2, 0) is 18.9 Å². The van der Waals surface area contributed by atoms with Gasteiger partial charge in [0.15, 0.2) is 0 Å². The van der Waals surface area contributed by atoms with Crippen molar-refractivity contribution >= 4 is 21.5 Å². The second-order valence-corrected chi connectivity index (χ2v) is 12.6. The molecule has 240 valence electrons. The lowest BCUT2D eigenvalue weighted by molar-refractivity contribution is 0.258. The number of hydrogen-bond acceptors (Lipinski definition) is 8. The van der Waals surface area contributed by atoms with Gasteiger partial charge in [-0.15, -0.1) is 0 Å². The summed E-state index contributed by atoms with van der Waals surface area (Å²) in [6.45, 7) is 4.98. The number of hydrogen-bond donors (Lipinski definition) is 0. The van der Waals surface area contributed by atoms with E-state index >= 15 is 0 Å². The fourth-order valence-electron chi connectivity index (χ4n) is 6.15. The van der Waals surface area contributed by atoms with Crippen LogP contribution in [-0.4, -0.2) is 77.3 Å². The van der Waals surface area contributed by atoms with Gasteiger partial charge in [0.1, 0.15) is 73.8 Å². The first kappa shape index (κ1) is 28.8. The Morgan fingerprint density at radius 1 is 0.489 bits per heavy atom. The third-order valence-corrected chi connectivity index (χ3v) is 9.05. The molecule has 4 aliphatic heterocycles. The molecule has 4 aliphatic rings. The predicted octanol–water partition coefficient (Wildman–Crippen LogP) is 6.28. The molecule has 0 aromatic heterocycles. The van der Waals surface area contributed by atoms with Gasteiger partial charge in [0.25, 0.3) is 0 Å². The van der Waals surface area contributed by atoms with E-state index in [0.29, 0.717) is 33.0 Å². The van der Waals surface area contributed by atoms with Crippen LogP contribution in [0.2, 0.25) is 0 Å². The predicted molar refractivity (Wildman–Crippen MR) is 176 cm³/mol. The molecule has 4 saturated heterocycles. The number of benzene rings is 5. The lowest BCUT2D eigenvalue weighted by Crippen LogP contribution is -2.13. The van der Waals surface area contributed by atoms with Gasteiger partial charge < -0.3 is 37.9 Å². The van der Waals surface area contributed by atoms with E-state index in [-0.39, 0.29) is 30.3 Å². The van der Waals surface area contributed by atoms with Gasteiger partial charge in [-0.3, -0.25) is 0 Å². The molecule has 5 aromatic carbocycles. The van der Waals surface area contributed by atoms with E-state index in [1.807, 2.05) is 18.2 Å². The standard InChI is InChI=1S/C39H36O8/c1-2-4-33-24(3-1)8-13-35(46-22-31-20-44-31)38(33)37(26-6-10-27(11-7-26)40-16-29-18-42-29)39-34-15-28(41-17-30-19-43-30)12-5-25(34)9-14-36(39)47-23-32-21-45-32/h1-15,29-32,37H,16-23H2. The van der Waals surface area contributed by atoms with Gasteiger partial charge in [0, 0.05) is 17.0 Å². The van der Waals surface area contributed by atoms with E-state index in [0.717, 1.165) is 81.1 Å². The summed E-state index contributed by atoms with van der Waals surface area (Å²) in [5.74, 6) is 2.96. The fraction of sp³-hybridized carbons (Fsp3) is 0.333. The van der Waals surface area contributed by atoms with Gasteiger partial charge in [0.2, 0.25) is 0 Å². The third kappa shape index (κ3) is 6.60. The molecule has 0 aliphatic carbocycles. The van der Waals surface area contributed by atoms with Gasteiger partial charge in [-0.05, 0) is 63.5 Å². The molecule has 8 heteroatoms. The minimum Gasteiger partial charge on any atom is -0.491 e. The Labute approximate surface area is 273 Å². The van der Waals surface area contributed by atoms with E-state index in [1.165, 1.54) is 0 Å². The lowest BCUT2D eigenvalue weighted by Gasteiger charge is -2.27. The summed E-state index contributed by atoms with van der Waals surface area (Å²) in [6, 6.07) is 31.6. The Morgan fingerprint density at radius 3 is 1.55 bits per heavy atom. The van der Waals surface area contributed by atoms with Gasteiger partial charge in [-0.2, -0.15) is 0 Å². The maximum atomic E-state index is 6.61. The third-order valence-electron chi connectivity index (χ3n) is 9.05. The van der Waals surface area contributed by atoms with Crippen molar-refractivity contribution in [3.63, 3.8) is 0 Å². The molecule has 47 heavy (non-hydrogen) atoms. The van der Waals surface area contributed by atoms with Crippen LogP contribution in [0.15, 0.2) is 91.0 Å². The molecule has 0 N–H and O–H groups in total. The molecule has 4 heterocycles. The molecule has 5 unspecified atom stereocenters. The van der Waals surface area contributed by atoms with Crippen molar-refractivity contribution in [3.8, 4) is 23.0 Å². The quantitative estimate of drug-likeness (QED) is 0.0985. The second-order valence-electron chi connectivity index (χ2n) is 12.6. The molecule has 0 radical (unpaired) electrons. The highest BCUT2D eigenvalue weighted by Gasteiger charge is 2.32. The average molecular weight is 633 g/mol. The summed E-state index contributed by atoms with van der Waals surface area (Å²) < 4.78 is 47.3. The summed E-state index contributed by atoms with van der Waals surface area (Å²) in [4.78, 5) is 0. The number of rotatable bonds is 15. The van der Waals surface area contributed by atoms with Gasteiger partial charge in [-0.25, -0.2) is 0 Å². The summed E-state index contributed by atoms with van der Waals surface area (Å²) in [5, 5.41) is 4.39. The van der Waals surface area contributed by atoms with Crippen LogP contribution < -0.4 is 18.9 Å². The largest absolute Gasteiger partial charge is 0.491 e. The van der Waals surface area contributed by atoms with Crippen LogP contribution in [0.3, 0.4) is 0 Å². The highest BCUT2D eigenvalue weighted by Crippen LogP contribution is 2.48. The van der Waals surface area contributed by atoms with Crippen LogP contribution in [0.5, 0.6) is 23.0 Å². The normalized spacial score (nSPS) is 22.9. The van der Waals surface area contributed by atoms with Crippen molar-refractivity contribution in [2.45, 2.75) is 30.3 Å². The summed E-state index contributed by atoms with van der Waals surface area (Å²) in [6.07, 6.45) is 0.558. The Bertz CT molecular complexity index is 1880. The van der Waals surface area contributed by atoms with Crippen molar-refractivity contribution in [1.82, 2.24) is 0 Å². The summed E-state index contributed by atoms with van der Waals surface area (Å²) in [7, 11) is 0. The molecule has 8 nitrogen and oxygen atoms in total. The van der Waals surface area contributed by atoms with Crippen molar-refractivity contribution in [2.24, 2.45) is 0 Å². The van der Waals surface area contributed by atoms with Crippen molar-refractivity contribution in [2.75, 3.05) is 52.9 Å². The first-order valence-electron chi connectivity index (χ1n) is 16.4. The zero-order valence-electron chi connectivity index (χ0n) is 26.0. The average Bonchev–Trinajstić information content (AvgIpc) is 3.93. The van der Waals surface area contributed by atoms with Crippen LogP contribution in [0.25, 0.3) is 21.5 Å². The van der Waals surface area contributed by atoms with E-state index in [9.17, 15) is 0 Å². The zero-order valence-corrected chi connectivity index (χ0v) is 26.0. The molecule has 4 fully saturated rings. The Kier molecular flexibility index (Phi) is 7.58. The van der Waals surface area contributed by atoms with E-state index in [1.54, 1.807) is 0 Å². The second kappa shape index (κ2) is 12.4. The maximum Gasteiger partial charge on any atom is 0.124 e. The van der Waals surface area contributed by atoms with Crippen LogP contribution in [0, 0.1) is 0 Å². The van der Waals surface area contributed by atoms with Crippen molar-refractivity contribution < 1.29 is 37.9 Å². The Morgan fingerprint density at radius 2 is 0.957 bits per heavy atom. The van der Waals surface area contributed by atoms with Crippen LogP contribution in [0.4, 0.5) is 0 Å². The molecule has 0 spiro atoms. The smallest absolute Gasteiger partial charge is 0.124 e. The minimum absolute atomic E-state index is 0.104. The Balaban J connectivity index is 1.24. The molecular formula is C39H36O8. The van der Waals surface area contributed by atoms with E-state index in [2.05, 4.69) is 72.8 Å². The summed E-state index contributed by atoms with van der Waals surface area (Å²) in [5.41, 5.74) is 3.20. The Hall–Kier alpha value is -4.34. The van der Waals surface area contributed by atoms with E-state index < -0.39 is 0 Å². The maximum absolute atomic E-state index is 6.61. The summed E-state index contributed by atoms with van der Waals surface area (Å²) >= 11 is 0. The fourth-order valence-corrected chi connectivity index (χ4v) is 6.15. The van der Waals surface area contributed by atoms with Crippen LogP contribution in [0.1, 0.15) is 22.6 Å². The molecule has 5 atom stereocenters. The highest BCUT2D eigenvalue weighted by atomic mass is 16.6. The lowest BCUT2D eigenvalue weighted by atomic mass is 9.79. The zero-order chi connectivity index (χ0) is 31.2. The topological polar surface area (TPSA) is 87.0 Å². The SMILES string of the molecule is c1ccc2c(C(c3ccc(OCC4CO4)cc3)c3c(OCC4CO4)ccc4ccc(OCC5CO5)cc34)c(OCC3CO3)ccc2c1. The molecule has 0 bridgehead atoms. The molecular weight excluding hydrogens is 596 g/mol. The first-order chi connectivity index (χ1) is 23.2. The number of fused-ring (bicyclic) bond motifs is 2. The van der Waals surface area contributed by atoms with Crippen molar-refractivity contribution in [1.29, 1.82) is 0 Å². The molecule has 9 rings (SSSR count). The minimum atomic E-state index is -0.266. The van der Waals surface area contributed by atoms with Crippen molar-refractivity contribution in [3.05, 3.63) is 108 Å². The van der Waals surface area contributed by atoms with Gasteiger partial charge >= 0.3 is 0 Å². The molecule has 0 saturated carbocycles.